The van der Waals surface area contributed by atoms with E-state index < -0.39 is 5.97 Å². The number of carbonyl (C=O) groups excluding carboxylic acids is 3. The molecule has 1 fully saturated rings. The molecule has 0 unspecified atom stereocenters. The quantitative estimate of drug-likeness (QED) is 0.315. The van der Waals surface area contributed by atoms with E-state index in [0.717, 1.165) is 0 Å². The Bertz CT molecular complexity index is 1100. The van der Waals surface area contributed by atoms with Crippen LogP contribution in [0, 0.1) is 0 Å². The van der Waals surface area contributed by atoms with Crippen LogP contribution in [0.5, 0.6) is 11.5 Å². The van der Waals surface area contributed by atoms with Crippen molar-refractivity contribution in [2.75, 3.05) is 32.9 Å². The van der Waals surface area contributed by atoms with Crippen molar-refractivity contribution >= 4 is 17.7 Å². The van der Waals surface area contributed by atoms with Gasteiger partial charge in [-0.2, -0.15) is 0 Å². The Kier molecular flexibility index (Phi) is 7.12. The van der Waals surface area contributed by atoms with Crippen LogP contribution in [0.2, 0.25) is 0 Å². The fourth-order valence-corrected chi connectivity index (χ4v) is 3.38. The Hall–Kier alpha value is -3.97. The van der Waals surface area contributed by atoms with Crippen molar-refractivity contribution in [2.45, 2.75) is 0 Å². The van der Waals surface area contributed by atoms with Gasteiger partial charge in [0.05, 0.1) is 13.2 Å². The molecule has 0 saturated carbocycles. The first kappa shape index (κ1) is 22.2. The molecule has 4 rings (SSSR count). The van der Waals surface area contributed by atoms with E-state index in [1.165, 1.54) is 0 Å². The number of benzene rings is 3. The summed E-state index contributed by atoms with van der Waals surface area (Å²) in [5.41, 5.74) is 1.65. The van der Waals surface area contributed by atoms with Crippen molar-refractivity contribution in [1.29, 1.82) is 0 Å². The zero-order valence-corrected chi connectivity index (χ0v) is 17.9. The number of amides is 1. The van der Waals surface area contributed by atoms with Crippen molar-refractivity contribution in [3.05, 3.63) is 95.6 Å². The van der Waals surface area contributed by atoms with Gasteiger partial charge in [-0.1, -0.05) is 30.3 Å². The summed E-state index contributed by atoms with van der Waals surface area (Å²) in [5, 5.41) is 0. The highest BCUT2D eigenvalue weighted by molar-refractivity contribution is 6.09. The van der Waals surface area contributed by atoms with Crippen LogP contribution >= 0.6 is 0 Å². The summed E-state index contributed by atoms with van der Waals surface area (Å²) in [4.78, 5) is 38.8. The average Bonchev–Trinajstić information content (AvgIpc) is 2.88. The number of nitrogens with zero attached hydrogens (tertiary/aromatic N) is 1. The van der Waals surface area contributed by atoms with E-state index >= 15 is 0 Å². The van der Waals surface area contributed by atoms with Crippen LogP contribution < -0.4 is 9.47 Å². The predicted octanol–water partition coefficient (Wildman–Crippen LogP) is 3.37. The maximum atomic E-state index is 12.5. The van der Waals surface area contributed by atoms with Gasteiger partial charge in [0.25, 0.3) is 5.91 Å². The molecule has 168 valence electrons. The van der Waals surface area contributed by atoms with Crippen molar-refractivity contribution < 1.29 is 28.6 Å². The number of hydrogen-bond acceptors (Lipinski definition) is 6. The van der Waals surface area contributed by atoms with Gasteiger partial charge < -0.3 is 19.1 Å². The summed E-state index contributed by atoms with van der Waals surface area (Å²) in [6.45, 7) is 1.94. The molecule has 3 aromatic rings. The lowest BCUT2D eigenvalue weighted by Gasteiger charge is -2.26. The summed E-state index contributed by atoms with van der Waals surface area (Å²) in [5.74, 6) is 0.0327. The van der Waals surface area contributed by atoms with E-state index in [4.69, 9.17) is 14.2 Å². The van der Waals surface area contributed by atoms with Crippen LogP contribution in [0.15, 0.2) is 78.9 Å². The normalized spacial score (nSPS) is 13.3. The highest BCUT2D eigenvalue weighted by Gasteiger charge is 2.18. The maximum absolute atomic E-state index is 12.5. The molecule has 3 aromatic carbocycles. The van der Waals surface area contributed by atoms with E-state index in [2.05, 4.69) is 0 Å². The minimum Gasteiger partial charge on any atom is -0.482 e. The number of morpholine rings is 1. The molecule has 1 aliphatic rings. The molecular weight excluding hydrogens is 422 g/mol. The Labute approximate surface area is 191 Å². The molecule has 1 heterocycles. The van der Waals surface area contributed by atoms with E-state index in [1.807, 2.05) is 6.07 Å². The fourth-order valence-electron chi connectivity index (χ4n) is 3.38. The summed E-state index contributed by atoms with van der Waals surface area (Å²) in [6, 6.07) is 21.9. The van der Waals surface area contributed by atoms with Gasteiger partial charge in [0, 0.05) is 29.8 Å². The third-order valence-electron chi connectivity index (χ3n) is 5.14. The van der Waals surface area contributed by atoms with E-state index in [1.54, 1.807) is 77.7 Å². The van der Waals surface area contributed by atoms with Gasteiger partial charge in [-0.05, 0) is 48.5 Å². The van der Waals surface area contributed by atoms with Crippen molar-refractivity contribution in [3.8, 4) is 11.5 Å². The second kappa shape index (κ2) is 10.6. The van der Waals surface area contributed by atoms with Crippen molar-refractivity contribution in [2.24, 2.45) is 0 Å². The predicted molar refractivity (Wildman–Crippen MR) is 121 cm³/mol. The Morgan fingerprint density at radius 1 is 0.727 bits per heavy atom. The number of rotatable bonds is 7. The standard InChI is InChI=1S/C26H23NO6/c28-24(33-23-12-6-20(7-13-23)25(29)19-4-2-1-3-5-19)18-32-22-10-8-21(9-11-22)26(30)27-14-16-31-17-15-27/h1-13H,14-18H2. The molecule has 7 heteroatoms. The molecule has 0 bridgehead atoms. The van der Waals surface area contributed by atoms with Crippen molar-refractivity contribution in [3.63, 3.8) is 0 Å². The fraction of sp³-hybridized carbons (Fsp3) is 0.192. The number of esters is 1. The van der Waals surface area contributed by atoms with Crippen LogP contribution in [0.25, 0.3) is 0 Å². The second-order valence-electron chi connectivity index (χ2n) is 7.41. The third kappa shape index (κ3) is 5.84. The second-order valence-corrected chi connectivity index (χ2v) is 7.41. The molecule has 1 saturated heterocycles. The smallest absolute Gasteiger partial charge is 0.349 e. The maximum Gasteiger partial charge on any atom is 0.349 e. The van der Waals surface area contributed by atoms with Crippen LogP contribution in [-0.2, 0) is 9.53 Å². The van der Waals surface area contributed by atoms with Crippen LogP contribution in [-0.4, -0.2) is 55.5 Å². The summed E-state index contributed by atoms with van der Waals surface area (Å²) < 4.78 is 16.0. The molecule has 0 aliphatic carbocycles. The minimum absolute atomic E-state index is 0.0570. The van der Waals surface area contributed by atoms with Gasteiger partial charge in [-0.15, -0.1) is 0 Å². The molecular formula is C26H23NO6. The van der Waals surface area contributed by atoms with Crippen LogP contribution in [0.3, 0.4) is 0 Å². The lowest BCUT2D eigenvalue weighted by Crippen LogP contribution is -2.40. The van der Waals surface area contributed by atoms with Gasteiger partial charge >= 0.3 is 5.97 Å². The van der Waals surface area contributed by atoms with E-state index in [0.29, 0.717) is 54.5 Å². The van der Waals surface area contributed by atoms with Crippen LogP contribution in [0.1, 0.15) is 26.3 Å². The first-order valence-corrected chi connectivity index (χ1v) is 10.6. The number of ether oxygens (including phenoxy) is 3. The molecule has 0 N–H and O–H groups in total. The molecule has 33 heavy (non-hydrogen) atoms. The minimum atomic E-state index is -0.578. The zero-order chi connectivity index (χ0) is 23.0. The largest absolute Gasteiger partial charge is 0.482 e. The number of carbonyl (C=O) groups is 3. The topological polar surface area (TPSA) is 82.1 Å². The van der Waals surface area contributed by atoms with Crippen molar-refractivity contribution in [1.82, 2.24) is 4.90 Å². The Balaban J connectivity index is 1.27. The third-order valence-corrected chi connectivity index (χ3v) is 5.14. The number of ketones is 1. The van der Waals surface area contributed by atoms with Crippen LogP contribution in [0.4, 0.5) is 0 Å². The highest BCUT2D eigenvalue weighted by Crippen LogP contribution is 2.17. The summed E-state index contributed by atoms with van der Waals surface area (Å²) in [7, 11) is 0. The molecule has 1 amide bonds. The Morgan fingerprint density at radius 2 is 1.30 bits per heavy atom. The average molecular weight is 445 g/mol. The first-order chi connectivity index (χ1) is 16.1. The summed E-state index contributed by atoms with van der Waals surface area (Å²) in [6.07, 6.45) is 0. The molecule has 0 spiro atoms. The highest BCUT2D eigenvalue weighted by atomic mass is 16.6. The molecule has 1 aliphatic heterocycles. The summed E-state index contributed by atoms with van der Waals surface area (Å²) >= 11 is 0. The Morgan fingerprint density at radius 3 is 1.97 bits per heavy atom. The van der Waals surface area contributed by atoms with Gasteiger partial charge in [0.15, 0.2) is 12.4 Å². The lowest BCUT2D eigenvalue weighted by atomic mass is 10.0. The van der Waals surface area contributed by atoms with E-state index in [-0.39, 0.29) is 18.3 Å². The molecule has 7 nitrogen and oxygen atoms in total. The SMILES string of the molecule is O=C(COc1ccc(C(=O)N2CCOCC2)cc1)Oc1ccc(C(=O)c2ccccc2)cc1. The number of hydrogen-bond donors (Lipinski definition) is 0. The lowest BCUT2D eigenvalue weighted by molar-refractivity contribution is -0.136. The monoisotopic (exact) mass is 445 g/mol. The molecule has 0 aromatic heterocycles. The van der Waals surface area contributed by atoms with Gasteiger partial charge in [0.1, 0.15) is 11.5 Å². The first-order valence-electron chi connectivity index (χ1n) is 10.6. The molecule has 0 radical (unpaired) electrons. The van der Waals surface area contributed by atoms with Gasteiger partial charge in [-0.3, -0.25) is 9.59 Å². The molecule has 0 atom stereocenters. The zero-order valence-electron chi connectivity index (χ0n) is 17.9. The van der Waals surface area contributed by atoms with Gasteiger partial charge in [-0.25, -0.2) is 4.79 Å². The van der Waals surface area contributed by atoms with Gasteiger partial charge in [0.2, 0.25) is 0 Å². The van der Waals surface area contributed by atoms with E-state index in [9.17, 15) is 14.4 Å².